The highest BCUT2D eigenvalue weighted by Crippen LogP contribution is 2.26. The molecular weight excluding hydrogens is 284 g/mol. The summed E-state index contributed by atoms with van der Waals surface area (Å²) in [5, 5.41) is 7.73. The fraction of sp³-hybridized carbons (Fsp3) is 0.727. The van der Waals surface area contributed by atoms with Gasteiger partial charge in [0.05, 0.1) is 5.54 Å². The summed E-state index contributed by atoms with van der Waals surface area (Å²) in [5.74, 6) is 0.0683. The van der Waals surface area contributed by atoms with E-state index in [0.717, 1.165) is 13.1 Å². The predicted molar refractivity (Wildman–Crippen MR) is 67.9 cm³/mol. The number of likely N-dealkylation sites (tertiary alicyclic amines) is 1. The molecule has 1 saturated heterocycles. The first-order chi connectivity index (χ1) is 7.94. The number of hydrogen-bond donors (Lipinski definition) is 0. The number of halogens is 1. The highest BCUT2D eigenvalue weighted by Gasteiger charge is 2.39. The molecule has 17 heavy (non-hydrogen) atoms. The second kappa shape index (κ2) is 4.49. The molecule has 0 aromatic carbocycles. The summed E-state index contributed by atoms with van der Waals surface area (Å²) in [6.07, 6.45) is 2.34. The molecule has 0 aliphatic carbocycles. The van der Waals surface area contributed by atoms with Crippen LogP contribution in [0.3, 0.4) is 0 Å². The van der Waals surface area contributed by atoms with Gasteiger partial charge in [-0.2, -0.15) is 0 Å². The number of Topliss-reactive ketones (excluding diaryl/α,β-unsaturated/α-hetero) is 1. The smallest absolute Gasteiger partial charge is 0.203 e. The first kappa shape index (κ1) is 12.7. The zero-order valence-electron chi connectivity index (χ0n) is 10.4. The number of carbonyl (C=O) groups is 1. The summed E-state index contributed by atoms with van der Waals surface area (Å²) in [6, 6.07) is 0. The Morgan fingerprint density at radius 3 is 2.41 bits per heavy atom. The van der Waals surface area contributed by atoms with Crippen molar-refractivity contribution >= 4 is 21.7 Å². The molecule has 0 radical (unpaired) electrons. The van der Waals surface area contributed by atoms with Crippen molar-refractivity contribution in [3.8, 4) is 0 Å². The van der Waals surface area contributed by atoms with Gasteiger partial charge in [-0.05, 0) is 55.7 Å². The lowest BCUT2D eigenvalue weighted by atomic mass is 9.95. The Morgan fingerprint density at radius 1 is 1.35 bits per heavy atom. The lowest BCUT2D eigenvalue weighted by Gasteiger charge is -2.33. The zero-order chi connectivity index (χ0) is 12.6. The van der Waals surface area contributed by atoms with Gasteiger partial charge in [0.2, 0.25) is 5.78 Å². The highest BCUT2D eigenvalue weighted by molar-refractivity contribution is 9.10. The maximum Gasteiger partial charge on any atom is 0.203 e. The molecular formula is C11H17BrN4O. The van der Waals surface area contributed by atoms with E-state index in [1.54, 1.807) is 7.05 Å². The molecule has 6 heteroatoms. The van der Waals surface area contributed by atoms with Gasteiger partial charge >= 0.3 is 0 Å². The van der Waals surface area contributed by atoms with E-state index in [1.165, 1.54) is 17.5 Å². The van der Waals surface area contributed by atoms with Crippen LogP contribution in [0.2, 0.25) is 0 Å². The summed E-state index contributed by atoms with van der Waals surface area (Å²) < 4.78 is 2.06. The van der Waals surface area contributed by atoms with E-state index in [2.05, 4.69) is 31.1 Å². The third-order valence-corrected chi connectivity index (χ3v) is 3.99. The van der Waals surface area contributed by atoms with Gasteiger partial charge in [-0.3, -0.25) is 9.69 Å². The summed E-state index contributed by atoms with van der Waals surface area (Å²) in [6.45, 7) is 5.92. The van der Waals surface area contributed by atoms with Gasteiger partial charge in [0.25, 0.3) is 0 Å². The summed E-state index contributed by atoms with van der Waals surface area (Å²) in [7, 11) is 1.74. The third kappa shape index (κ3) is 2.15. The van der Waals surface area contributed by atoms with Crippen LogP contribution in [0.4, 0.5) is 0 Å². The maximum atomic E-state index is 12.6. The van der Waals surface area contributed by atoms with Gasteiger partial charge in [-0.1, -0.05) is 5.21 Å². The molecule has 1 aromatic heterocycles. The third-order valence-electron chi connectivity index (χ3n) is 3.45. The predicted octanol–water partition coefficient (Wildman–Crippen LogP) is 1.63. The summed E-state index contributed by atoms with van der Waals surface area (Å²) in [5.41, 5.74) is 0.0519. The van der Waals surface area contributed by atoms with Crippen molar-refractivity contribution in [2.24, 2.45) is 7.05 Å². The molecule has 0 bridgehead atoms. The molecule has 1 fully saturated rings. The second-order valence-corrected chi connectivity index (χ2v) is 5.69. The average molecular weight is 301 g/mol. The van der Waals surface area contributed by atoms with Crippen LogP contribution in [0.1, 0.15) is 37.2 Å². The number of aromatic nitrogens is 3. The molecule has 1 aliphatic rings. The maximum absolute atomic E-state index is 12.6. The second-order valence-electron chi connectivity index (χ2n) is 4.93. The standard InChI is InChI=1S/C11H17BrN4O/c1-11(2,16-6-4-5-7-16)9(17)8-10(12)13-14-15(8)3/h4-7H2,1-3H3. The Kier molecular flexibility index (Phi) is 3.36. The van der Waals surface area contributed by atoms with Gasteiger partial charge in [-0.15, -0.1) is 5.10 Å². The van der Waals surface area contributed by atoms with Crippen LogP contribution in [-0.2, 0) is 7.05 Å². The minimum Gasteiger partial charge on any atom is -0.291 e. The largest absolute Gasteiger partial charge is 0.291 e. The molecule has 0 atom stereocenters. The Balaban J connectivity index is 2.30. The lowest BCUT2D eigenvalue weighted by Crippen LogP contribution is -2.49. The van der Waals surface area contributed by atoms with E-state index in [0.29, 0.717) is 10.3 Å². The van der Waals surface area contributed by atoms with E-state index in [9.17, 15) is 4.79 Å². The molecule has 1 aromatic rings. The molecule has 1 aliphatic heterocycles. The molecule has 5 nitrogen and oxygen atoms in total. The van der Waals surface area contributed by atoms with Crippen LogP contribution in [0.15, 0.2) is 4.60 Å². The van der Waals surface area contributed by atoms with Crippen molar-refractivity contribution in [2.45, 2.75) is 32.2 Å². The number of hydrogen-bond acceptors (Lipinski definition) is 4. The molecule has 2 heterocycles. The van der Waals surface area contributed by atoms with Crippen molar-refractivity contribution in [1.82, 2.24) is 19.9 Å². The lowest BCUT2D eigenvalue weighted by molar-refractivity contribution is 0.0691. The normalized spacial score (nSPS) is 17.6. The molecule has 0 N–H and O–H groups in total. The SMILES string of the molecule is Cn1nnc(Br)c1C(=O)C(C)(C)N1CCCC1. The van der Waals surface area contributed by atoms with E-state index in [-0.39, 0.29) is 5.78 Å². The quantitative estimate of drug-likeness (QED) is 0.796. The molecule has 94 valence electrons. The first-order valence-corrected chi connectivity index (χ1v) is 6.59. The summed E-state index contributed by atoms with van der Waals surface area (Å²) >= 11 is 3.28. The molecule has 2 rings (SSSR count). The van der Waals surface area contributed by atoms with Gasteiger partial charge in [0.15, 0.2) is 4.60 Å². The first-order valence-electron chi connectivity index (χ1n) is 5.79. The molecule has 0 unspecified atom stereocenters. The van der Waals surface area contributed by atoms with Gasteiger partial charge in [-0.25, -0.2) is 4.68 Å². The van der Waals surface area contributed by atoms with E-state index in [4.69, 9.17) is 0 Å². The van der Waals surface area contributed by atoms with Crippen molar-refractivity contribution in [2.75, 3.05) is 13.1 Å². The van der Waals surface area contributed by atoms with Crippen molar-refractivity contribution < 1.29 is 4.79 Å². The Labute approximate surface area is 109 Å². The van der Waals surface area contributed by atoms with Crippen LogP contribution >= 0.6 is 15.9 Å². The monoisotopic (exact) mass is 300 g/mol. The van der Waals surface area contributed by atoms with Crippen molar-refractivity contribution in [3.05, 3.63) is 10.3 Å². The number of aryl methyl sites for hydroxylation is 1. The number of ketones is 1. The molecule has 0 spiro atoms. The van der Waals surface area contributed by atoms with Crippen molar-refractivity contribution in [3.63, 3.8) is 0 Å². The number of rotatable bonds is 3. The average Bonchev–Trinajstić information content (AvgIpc) is 2.88. The fourth-order valence-corrected chi connectivity index (χ4v) is 2.79. The number of carbonyl (C=O) groups excluding carboxylic acids is 1. The van der Waals surface area contributed by atoms with Crippen LogP contribution < -0.4 is 0 Å². The Morgan fingerprint density at radius 2 is 1.94 bits per heavy atom. The Bertz CT molecular complexity index is 415. The minimum atomic E-state index is -0.492. The summed E-state index contributed by atoms with van der Waals surface area (Å²) in [4.78, 5) is 14.8. The molecule has 0 amide bonds. The van der Waals surface area contributed by atoms with E-state index >= 15 is 0 Å². The van der Waals surface area contributed by atoms with Crippen LogP contribution in [-0.4, -0.2) is 44.3 Å². The topological polar surface area (TPSA) is 51.0 Å². The van der Waals surface area contributed by atoms with Gasteiger partial charge in [0, 0.05) is 7.05 Å². The van der Waals surface area contributed by atoms with Crippen LogP contribution in [0.25, 0.3) is 0 Å². The number of nitrogens with zero attached hydrogens (tertiary/aromatic N) is 4. The molecule has 0 saturated carbocycles. The zero-order valence-corrected chi connectivity index (χ0v) is 12.0. The van der Waals surface area contributed by atoms with Crippen molar-refractivity contribution in [1.29, 1.82) is 0 Å². The van der Waals surface area contributed by atoms with Gasteiger partial charge < -0.3 is 0 Å². The van der Waals surface area contributed by atoms with E-state index < -0.39 is 5.54 Å². The van der Waals surface area contributed by atoms with Gasteiger partial charge in [0.1, 0.15) is 5.69 Å². The van der Waals surface area contributed by atoms with Crippen LogP contribution in [0.5, 0.6) is 0 Å². The Hall–Kier alpha value is -0.750. The minimum absolute atomic E-state index is 0.0683. The van der Waals surface area contributed by atoms with Crippen LogP contribution in [0, 0.1) is 0 Å². The highest BCUT2D eigenvalue weighted by atomic mass is 79.9. The van der Waals surface area contributed by atoms with E-state index in [1.807, 2.05) is 13.8 Å². The fourth-order valence-electron chi connectivity index (χ4n) is 2.28.